The Morgan fingerprint density at radius 1 is 1.20 bits per heavy atom. The van der Waals surface area contributed by atoms with Crippen LogP contribution in [-0.4, -0.2) is 18.2 Å². The molecular weight excluding hydrogens is 259 g/mol. The second kappa shape index (κ2) is 6.02. The molecule has 0 saturated heterocycles. The van der Waals surface area contributed by atoms with Crippen molar-refractivity contribution in [2.45, 2.75) is 0 Å². The largest absolute Gasteiger partial charge is 0.497 e. The van der Waals surface area contributed by atoms with Crippen LogP contribution < -0.4 is 4.74 Å². The van der Waals surface area contributed by atoms with E-state index in [2.05, 4.69) is 0 Å². The highest BCUT2D eigenvalue weighted by molar-refractivity contribution is 6.20. The molecule has 20 heavy (non-hydrogen) atoms. The highest BCUT2D eigenvalue weighted by Gasteiger charge is 2.10. The van der Waals surface area contributed by atoms with Gasteiger partial charge >= 0.3 is 5.97 Å². The lowest BCUT2D eigenvalue weighted by molar-refractivity contribution is -0.130. The maximum absolute atomic E-state index is 12.9. The lowest BCUT2D eigenvalue weighted by Crippen LogP contribution is -1.99. The topological polar surface area (TPSA) is 46.5 Å². The van der Waals surface area contributed by atoms with Crippen LogP contribution in [0.4, 0.5) is 4.39 Å². The molecule has 0 unspecified atom stereocenters. The Morgan fingerprint density at radius 3 is 2.50 bits per heavy atom. The molecule has 0 aliphatic rings. The number of aliphatic carboxylic acids is 1. The molecule has 102 valence electrons. The van der Waals surface area contributed by atoms with Crippen LogP contribution in [0.15, 0.2) is 48.5 Å². The predicted molar refractivity (Wildman–Crippen MR) is 74.9 cm³/mol. The minimum atomic E-state index is -1.07. The molecule has 0 fully saturated rings. The molecule has 2 aromatic carbocycles. The number of halogens is 1. The molecule has 0 bridgehead atoms. The van der Waals surface area contributed by atoms with E-state index >= 15 is 0 Å². The third kappa shape index (κ3) is 3.23. The predicted octanol–water partition coefficient (Wildman–Crippen LogP) is 3.46. The summed E-state index contributed by atoms with van der Waals surface area (Å²) in [4.78, 5) is 11.4. The molecule has 2 aromatic rings. The highest BCUT2D eigenvalue weighted by Crippen LogP contribution is 2.21. The van der Waals surface area contributed by atoms with Crippen molar-refractivity contribution in [1.82, 2.24) is 0 Å². The molecule has 1 N–H and O–H groups in total. The van der Waals surface area contributed by atoms with Crippen LogP contribution in [-0.2, 0) is 4.79 Å². The van der Waals surface area contributed by atoms with Crippen LogP contribution in [0, 0.1) is 5.82 Å². The van der Waals surface area contributed by atoms with E-state index in [1.807, 2.05) is 0 Å². The molecule has 0 aromatic heterocycles. The summed E-state index contributed by atoms with van der Waals surface area (Å²) in [5.74, 6) is -0.832. The van der Waals surface area contributed by atoms with Gasteiger partial charge < -0.3 is 9.84 Å². The first kappa shape index (κ1) is 13.8. The van der Waals surface area contributed by atoms with E-state index in [1.165, 1.54) is 30.3 Å². The summed E-state index contributed by atoms with van der Waals surface area (Å²) in [5.41, 5.74) is 1.24. The Kier molecular flexibility index (Phi) is 4.15. The molecule has 3 nitrogen and oxygen atoms in total. The van der Waals surface area contributed by atoms with E-state index in [-0.39, 0.29) is 5.57 Å². The average molecular weight is 272 g/mol. The van der Waals surface area contributed by atoms with Crippen LogP contribution in [0.3, 0.4) is 0 Å². The number of rotatable bonds is 4. The SMILES string of the molecule is COc1cccc(/C=C(/C(=O)O)c2ccc(F)cc2)c1. The van der Waals surface area contributed by atoms with Crippen molar-refractivity contribution in [1.29, 1.82) is 0 Å². The average Bonchev–Trinajstić information content (AvgIpc) is 2.46. The fourth-order valence-electron chi connectivity index (χ4n) is 1.80. The first-order valence-electron chi connectivity index (χ1n) is 5.95. The van der Waals surface area contributed by atoms with Gasteiger partial charge in [-0.2, -0.15) is 0 Å². The van der Waals surface area contributed by atoms with Crippen molar-refractivity contribution in [3.05, 3.63) is 65.5 Å². The van der Waals surface area contributed by atoms with E-state index in [1.54, 1.807) is 31.4 Å². The third-order valence-electron chi connectivity index (χ3n) is 2.79. The molecule has 0 saturated carbocycles. The third-order valence-corrected chi connectivity index (χ3v) is 2.79. The molecule has 0 aliphatic carbocycles. The zero-order chi connectivity index (χ0) is 14.5. The van der Waals surface area contributed by atoms with E-state index < -0.39 is 11.8 Å². The van der Waals surface area contributed by atoms with E-state index in [9.17, 15) is 14.3 Å². The van der Waals surface area contributed by atoms with Gasteiger partial charge in [-0.15, -0.1) is 0 Å². The Hall–Kier alpha value is -2.62. The molecule has 2 rings (SSSR count). The maximum Gasteiger partial charge on any atom is 0.336 e. The summed E-state index contributed by atoms with van der Waals surface area (Å²) in [6, 6.07) is 12.4. The number of carbonyl (C=O) groups is 1. The van der Waals surface area contributed by atoms with Gasteiger partial charge in [0.1, 0.15) is 11.6 Å². The molecule has 0 aliphatic heterocycles. The van der Waals surface area contributed by atoms with E-state index in [4.69, 9.17) is 4.74 Å². The number of hydrogen-bond donors (Lipinski definition) is 1. The van der Waals surface area contributed by atoms with Crippen molar-refractivity contribution in [3.63, 3.8) is 0 Å². The molecule has 0 atom stereocenters. The summed E-state index contributed by atoms with van der Waals surface area (Å²) in [7, 11) is 1.54. The van der Waals surface area contributed by atoms with Crippen molar-refractivity contribution in [2.75, 3.05) is 7.11 Å². The Labute approximate surface area is 115 Å². The van der Waals surface area contributed by atoms with Crippen molar-refractivity contribution in [2.24, 2.45) is 0 Å². The molecule has 0 spiro atoms. The molecular formula is C16H13FO3. The summed E-state index contributed by atoms with van der Waals surface area (Å²) in [5, 5.41) is 9.29. The van der Waals surface area contributed by atoms with Crippen LogP contribution in [0.2, 0.25) is 0 Å². The van der Waals surface area contributed by atoms with Crippen molar-refractivity contribution in [3.8, 4) is 5.75 Å². The standard InChI is InChI=1S/C16H13FO3/c1-20-14-4-2-3-11(9-14)10-15(16(18)19)12-5-7-13(17)8-6-12/h2-10H,1H3,(H,18,19)/b15-10+. The zero-order valence-corrected chi connectivity index (χ0v) is 10.8. The fourth-order valence-corrected chi connectivity index (χ4v) is 1.80. The van der Waals surface area contributed by atoms with Gasteiger partial charge in [0, 0.05) is 0 Å². The van der Waals surface area contributed by atoms with Gasteiger partial charge in [-0.05, 0) is 41.5 Å². The van der Waals surface area contributed by atoms with Crippen LogP contribution in [0.5, 0.6) is 5.75 Å². The van der Waals surface area contributed by atoms with Crippen LogP contribution in [0.1, 0.15) is 11.1 Å². The summed E-state index contributed by atoms with van der Waals surface area (Å²) < 4.78 is 18.0. The van der Waals surface area contributed by atoms with Gasteiger partial charge in [-0.3, -0.25) is 0 Å². The fraction of sp³-hybridized carbons (Fsp3) is 0.0625. The van der Waals surface area contributed by atoms with E-state index in [0.717, 1.165) is 0 Å². The number of ether oxygens (including phenoxy) is 1. The number of carboxylic acid groups (broad SMARTS) is 1. The van der Waals surface area contributed by atoms with Crippen molar-refractivity contribution >= 4 is 17.6 Å². The minimum Gasteiger partial charge on any atom is -0.497 e. The highest BCUT2D eigenvalue weighted by atomic mass is 19.1. The first-order chi connectivity index (χ1) is 9.60. The second-order valence-electron chi connectivity index (χ2n) is 4.15. The first-order valence-corrected chi connectivity index (χ1v) is 5.95. The lowest BCUT2D eigenvalue weighted by Gasteiger charge is -2.04. The van der Waals surface area contributed by atoms with Gasteiger partial charge in [0.2, 0.25) is 0 Å². The van der Waals surface area contributed by atoms with Crippen LogP contribution in [0.25, 0.3) is 11.6 Å². The number of carboxylic acids is 1. The number of methoxy groups -OCH3 is 1. The lowest BCUT2D eigenvalue weighted by atomic mass is 10.0. The minimum absolute atomic E-state index is 0.0956. The van der Waals surface area contributed by atoms with Crippen LogP contribution >= 0.6 is 0 Å². The van der Waals surface area contributed by atoms with Gasteiger partial charge in [-0.25, -0.2) is 9.18 Å². The van der Waals surface area contributed by atoms with Gasteiger partial charge in [-0.1, -0.05) is 24.3 Å². The maximum atomic E-state index is 12.9. The Balaban J connectivity index is 2.44. The van der Waals surface area contributed by atoms with Crippen molar-refractivity contribution < 1.29 is 19.0 Å². The molecule has 4 heteroatoms. The number of benzene rings is 2. The van der Waals surface area contributed by atoms with Gasteiger partial charge in [0.05, 0.1) is 12.7 Å². The Morgan fingerprint density at radius 2 is 1.90 bits per heavy atom. The number of hydrogen-bond acceptors (Lipinski definition) is 2. The summed E-state index contributed by atoms with van der Waals surface area (Å²) in [6.45, 7) is 0. The van der Waals surface area contributed by atoms with Gasteiger partial charge in [0.25, 0.3) is 0 Å². The molecule has 0 radical (unpaired) electrons. The second-order valence-corrected chi connectivity index (χ2v) is 4.15. The quantitative estimate of drug-likeness (QED) is 0.685. The monoisotopic (exact) mass is 272 g/mol. The molecule has 0 amide bonds. The van der Waals surface area contributed by atoms with Gasteiger partial charge in [0.15, 0.2) is 0 Å². The van der Waals surface area contributed by atoms with E-state index in [0.29, 0.717) is 16.9 Å². The smallest absolute Gasteiger partial charge is 0.336 e. The normalized spacial score (nSPS) is 11.2. The molecule has 0 heterocycles. The Bertz CT molecular complexity index is 645. The summed E-state index contributed by atoms with van der Waals surface area (Å²) >= 11 is 0. The summed E-state index contributed by atoms with van der Waals surface area (Å²) in [6.07, 6.45) is 1.53. The zero-order valence-electron chi connectivity index (χ0n) is 10.8.